The van der Waals surface area contributed by atoms with E-state index in [-0.39, 0.29) is 0 Å². The molecule has 0 radical (unpaired) electrons. The SMILES string of the molecule is CCCOCCc1nc2cc(C#N)ccc2n1C. The second kappa shape index (κ2) is 5.65. The van der Waals surface area contributed by atoms with Crippen molar-refractivity contribution in [1.82, 2.24) is 9.55 Å². The van der Waals surface area contributed by atoms with Gasteiger partial charge in [0.1, 0.15) is 5.82 Å². The van der Waals surface area contributed by atoms with Gasteiger partial charge in [-0.15, -0.1) is 0 Å². The second-order valence-corrected chi connectivity index (χ2v) is 4.26. The van der Waals surface area contributed by atoms with E-state index in [1.807, 2.05) is 25.2 Å². The number of imidazole rings is 1. The molecule has 0 atom stereocenters. The third kappa shape index (κ3) is 2.52. The molecule has 0 unspecified atom stereocenters. The molecule has 0 aliphatic rings. The largest absolute Gasteiger partial charge is 0.381 e. The van der Waals surface area contributed by atoms with Crippen molar-refractivity contribution < 1.29 is 4.74 Å². The summed E-state index contributed by atoms with van der Waals surface area (Å²) in [4.78, 5) is 4.55. The molecular weight excluding hydrogens is 226 g/mol. The maximum absolute atomic E-state index is 8.87. The number of fused-ring (bicyclic) bond motifs is 1. The van der Waals surface area contributed by atoms with Crippen LogP contribution in [-0.4, -0.2) is 22.8 Å². The monoisotopic (exact) mass is 243 g/mol. The molecule has 0 spiro atoms. The number of hydrogen-bond donors (Lipinski definition) is 0. The predicted molar refractivity (Wildman–Crippen MR) is 70.2 cm³/mol. The molecule has 0 N–H and O–H groups in total. The topological polar surface area (TPSA) is 50.8 Å². The Kier molecular flexibility index (Phi) is 3.96. The number of aromatic nitrogens is 2. The Labute approximate surface area is 107 Å². The Morgan fingerprint density at radius 3 is 2.94 bits per heavy atom. The molecule has 0 saturated heterocycles. The smallest absolute Gasteiger partial charge is 0.111 e. The third-order valence-corrected chi connectivity index (χ3v) is 2.92. The summed E-state index contributed by atoms with van der Waals surface area (Å²) >= 11 is 0. The van der Waals surface area contributed by atoms with E-state index in [0.29, 0.717) is 12.2 Å². The van der Waals surface area contributed by atoms with E-state index in [2.05, 4.69) is 22.5 Å². The molecular formula is C14H17N3O. The van der Waals surface area contributed by atoms with Gasteiger partial charge in [0, 0.05) is 20.1 Å². The van der Waals surface area contributed by atoms with Gasteiger partial charge in [-0.2, -0.15) is 5.26 Å². The first-order valence-corrected chi connectivity index (χ1v) is 6.19. The standard InChI is InChI=1S/C14H17N3O/c1-3-7-18-8-6-14-16-12-9-11(10-15)4-5-13(12)17(14)2/h4-5,9H,3,6-8H2,1-2H3. The Balaban J connectivity index is 2.19. The van der Waals surface area contributed by atoms with Crippen LogP contribution in [0.4, 0.5) is 0 Å². The second-order valence-electron chi connectivity index (χ2n) is 4.26. The number of benzene rings is 1. The van der Waals surface area contributed by atoms with Crippen molar-refractivity contribution in [2.24, 2.45) is 7.05 Å². The third-order valence-electron chi connectivity index (χ3n) is 2.92. The Hall–Kier alpha value is -1.86. The molecule has 0 aliphatic heterocycles. The van der Waals surface area contributed by atoms with Crippen LogP contribution in [0, 0.1) is 11.3 Å². The van der Waals surface area contributed by atoms with Crippen molar-refractivity contribution >= 4 is 11.0 Å². The fourth-order valence-corrected chi connectivity index (χ4v) is 1.95. The van der Waals surface area contributed by atoms with Gasteiger partial charge < -0.3 is 9.30 Å². The van der Waals surface area contributed by atoms with E-state index in [1.54, 1.807) is 0 Å². The summed E-state index contributed by atoms with van der Waals surface area (Å²) in [7, 11) is 2.00. The fourth-order valence-electron chi connectivity index (χ4n) is 1.95. The molecule has 0 aliphatic carbocycles. The molecule has 0 saturated carbocycles. The van der Waals surface area contributed by atoms with E-state index in [4.69, 9.17) is 10.00 Å². The highest BCUT2D eigenvalue weighted by molar-refractivity contribution is 5.77. The molecule has 0 amide bonds. The summed E-state index contributed by atoms with van der Waals surface area (Å²) in [6, 6.07) is 7.72. The van der Waals surface area contributed by atoms with Crippen molar-refractivity contribution in [1.29, 1.82) is 5.26 Å². The zero-order valence-corrected chi connectivity index (χ0v) is 10.8. The van der Waals surface area contributed by atoms with Gasteiger partial charge in [0.15, 0.2) is 0 Å². The van der Waals surface area contributed by atoms with E-state index < -0.39 is 0 Å². The maximum atomic E-state index is 8.87. The number of nitrogens with zero attached hydrogens (tertiary/aromatic N) is 3. The summed E-state index contributed by atoms with van der Waals surface area (Å²) in [6.07, 6.45) is 1.83. The van der Waals surface area contributed by atoms with Crippen LogP contribution in [-0.2, 0) is 18.2 Å². The first-order chi connectivity index (χ1) is 8.76. The minimum Gasteiger partial charge on any atom is -0.381 e. The molecule has 1 aromatic heterocycles. The first kappa shape index (κ1) is 12.6. The van der Waals surface area contributed by atoms with Crippen molar-refractivity contribution in [2.45, 2.75) is 19.8 Å². The lowest BCUT2D eigenvalue weighted by Gasteiger charge is -2.03. The summed E-state index contributed by atoms with van der Waals surface area (Å²) in [5.41, 5.74) is 2.58. The van der Waals surface area contributed by atoms with Gasteiger partial charge in [-0.25, -0.2) is 4.98 Å². The summed E-state index contributed by atoms with van der Waals surface area (Å²) in [5, 5.41) is 8.87. The molecule has 0 fully saturated rings. The van der Waals surface area contributed by atoms with Crippen LogP contribution >= 0.6 is 0 Å². The van der Waals surface area contributed by atoms with Crippen molar-refractivity contribution in [3.63, 3.8) is 0 Å². The predicted octanol–water partition coefficient (Wildman–Crippen LogP) is 2.41. The van der Waals surface area contributed by atoms with Crippen LogP contribution in [0.5, 0.6) is 0 Å². The van der Waals surface area contributed by atoms with Crippen molar-refractivity contribution in [3.05, 3.63) is 29.6 Å². The minimum atomic E-state index is 0.648. The Morgan fingerprint density at radius 1 is 1.39 bits per heavy atom. The average molecular weight is 243 g/mol. The summed E-state index contributed by atoms with van der Waals surface area (Å²) in [5.74, 6) is 0.996. The number of ether oxygens (including phenoxy) is 1. The molecule has 1 aromatic carbocycles. The zero-order chi connectivity index (χ0) is 13.0. The Morgan fingerprint density at radius 2 is 2.22 bits per heavy atom. The normalized spacial score (nSPS) is 10.7. The molecule has 1 heterocycles. The van der Waals surface area contributed by atoms with E-state index in [0.717, 1.165) is 36.3 Å². The highest BCUT2D eigenvalue weighted by atomic mass is 16.5. The highest BCUT2D eigenvalue weighted by Crippen LogP contribution is 2.16. The number of aryl methyl sites for hydroxylation is 1. The molecule has 2 aromatic rings. The van der Waals surface area contributed by atoms with Crippen LogP contribution in [0.25, 0.3) is 11.0 Å². The number of nitriles is 1. The molecule has 18 heavy (non-hydrogen) atoms. The van der Waals surface area contributed by atoms with Crippen LogP contribution in [0.15, 0.2) is 18.2 Å². The maximum Gasteiger partial charge on any atom is 0.111 e. The Bertz CT molecular complexity index is 580. The summed E-state index contributed by atoms with van der Waals surface area (Å²) < 4.78 is 7.54. The highest BCUT2D eigenvalue weighted by Gasteiger charge is 2.08. The van der Waals surface area contributed by atoms with E-state index >= 15 is 0 Å². The van der Waals surface area contributed by atoms with Gasteiger partial charge in [-0.1, -0.05) is 6.92 Å². The van der Waals surface area contributed by atoms with Crippen LogP contribution in [0.1, 0.15) is 24.7 Å². The molecule has 4 nitrogen and oxygen atoms in total. The fraction of sp³-hybridized carbons (Fsp3) is 0.429. The quantitative estimate of drug-likeness (QED) is 0.758. The van der Waals surface area contributed by atoms with Gasteiger partial charge in [-0.05, 0) is 24.6 Å². The molecule has 94 valence electrons. The van der Waals surface area contributed by atoms with Crippen molar-refractivity contribution in [2.75, 3.05) is 13.2 Å². The number of rotatable bonds is 5. The average Bonchev–Trinajstić information content (AvgIpc) is 2.71. The minimum absolute atomic E-state index is 0.648. The van der Waals surface area contributed by atoms with Crippen molar-refractivity contribution in [3.8, 4) is 6.07 Å². The molecule has 0 bridgehead atoms. The van der Waals surface area contributed by atoms with Gasteiger partial charge in [0.25, 0.3) is 0 Å². The lowest BCUT2D eigenvalue weighted by molar-refractivity contribution is 0.136. The number of hydrogen-bond acceptors (Lipinski definition) is 3. The zero-order valence-electron chi connectivity index (χ0n) is 10.8. The van der Waals surface area contributed by atoms with Crippen LogP contribution < -0.4 is 0 Å². The lowest BCUT2D eigenvalue weighted by Crippen LogP contribution is -2.04. The van der Waals surface area contributed by atoms with E-state index in [9.17, 15) is 0 Å². The van der Waals surface area contributed by atoms with Gasteiger partial charge in [0.2, 0.25) is 0 Å². The molecule has 2 rings (SSSR count). The van der Waals surface area contributed by atoms with Crippen LogP contribution in [0.2, 0.25) is 0 Å². The van der Waals surface area contributed by atoms with Gasteiger partial charge in [-0.3, -0.25) is 0 Å². The first-order valence-electron chi connectivity index (χ1n) is 6.19. The summed E-state index contributed by atoms with van der Waals surface area (Å²) in [6.45, 7) is 3.58. The van der Waals surface area contributed by atoms with E-state index in [1.165, 1.54) is 0 Å². The van der Waals surface area contributed by atoms with Gasteiger partial charge in [0.05, 0.1) is 29.3 Å². The molecule has 4 heteroatoms. The van der Waals surface area contributed by atoms with Gasteiger partial charge >= 0.3 is 0 Å². The lowest BCUT2D eigenvalue weighted by atomic mass is 10.2. The van der Waals surface area contributed by atoms with Crippen LogP contribution in [0.3, 0.4) is 0 Å².